The first kappa shape index (κ1) is 50.2. The van der Waals surface area contributed by atoms with Crippen molar-refractivity contribution in [3.63, 3.8) is 0 Å². The minimum atomic E-state index is -4.62. The number of hydrogen-bond donors (Lipinski definition) is 3. The summed E-state index contributed by atoms with van der Waals surface area (Å²) in [5.74, 6) is -1.80. The highest BCUT2D eigenvalue weighted by Crippen LogP contribution is 2.43. The van der Waals surface area contributed by atoms with Gasteiger partial charge in [-0.2, -0.15) is 0 Å². The molecule has 0 aliphatic carbocycles. The largest absolute Gasteiger partial charge is 0.480 e. The van der Waals surface area contributed by atoms with Crippen LogP contribution in [-0.2, 0) is 32.7 Å². The second-order valence-electron chi connectivity index (χ2n) is 13.8. The fourth-order valence-electron chi connectivity index (χ4n) is 5.38. The maximum atomic E-state index is 12.6. The van der Waals surface area contributed by atoms with Crippen molar-refractivity contribution in [1.82, 2.24) is 0 Å². The third kappa shape index (κ3) is 36.5. The van der Waals surface area contributed by atoms with E-state index in [1.54, 1.807) is 0 Å². The fraction of sp³-hybridized carbons (Fsp3) is 0.805. The van der Waals surface area contributed by atoms with E-state index in [4.69, 9.17) is 29.4 Å². The molecule has 0 aromatic carbocycles. The Hall–Kier alpha value is -1.81. The molecule has 4 N–H and O–H groups in total. The molecule has 11 heteroatoms. The number of hydrogen-bond acceptors (Lipinski definition) is 8. The van der Waals surface area contributed by atoms with E-state index in [1.807, 2.05) is 0 Å². The summed E-state index contributed by atoms with van der Waals surface area (Å²) in [4.78, 5) is 33.4. The van der Waals surface area contributed by atoms with E-state index in [2.05, 4.69) is 50.3 Å². The van der Waals surface area contributed by atoms with Crippen molar-refractivity contribution in [2.75, 3.05) is 26.4 Å². The molecule has 52 heavy (non-hydrogen) atoms. The molecule has 10 nitrogen and oxygen atoms in total. The number of esters is 1. The Balaban J connectivity index is 4.30. The van der Waals surface area contributed by atoms with Crippen LogP contribution in [0.15, 0.2) is 36.5 Å². The minimum absolute atomic E-state index is 0.00744. The van der Waals surface area contributed by atoms with Crippen LogP contribution in [0.25, 0.3) is 0 Å². The molecule has 0 bridgehead atoms. The summed E-state index contributed by atoms with van der Waals surface area (Å²) in [5.41, 5.74) is 5.34. The van der Waals surface area contributed by atoms with Crippen molar-refractivity contribution in [2.24, 2.45) is 5.73 Å². The monoisotopic (exact) mass is 758 g/mol. The Morgan fingerprint density at radius 3 is 1.63 bits per heavy atom. The molecule has 0 radical (unpaired) electrons. The molecule has 3 atom stereocenters. The number of ether oxygens (including phenoxy) is 2. The first-order chi connectivity index (χ1) is 25.2. The van der Waals surface area contributed by atoms with E-state index in [9.17, 15) is 19.0 Å². The number of aliphatic carboxylic acids is 1. The summed E-state index contributed by atoms with van der Waals surface area (Å²) in [6.07, 6.45) is 40.5. The number of carbonyl (C=O) groups is 2. The highest BCUT2D eigenvalue weighted by Gasteiger charge is 2.27. The zero-order chi connectivity index (χ0) is 38.4. The normalized spacial score (nSPS) is 14.4. The summed E-state index contributed by atoms with van der Waals surface area (Å²) < 4.78 is 33.3. The quantitative estimate of drug-likeness (QED) is 0.0239. The highest BCUT2D eigenvalue weighted by molar-refractivity contribution is 7.47. The Morgan fingerprint density at radius 1 is 0.615 bits per heavy atom. The zero-order valence-electron chi connectivity index (χ0n) is 32.9. The molecule has 0 saturated carbocycles. The molecule has 0 aromatic rings. The predicted octanol–water partition coefficient (Wildman–Crippen LogP) is 10.9. The van der Waals surface area contributed by atoms with Crippen LogP contribution in [0.3, 0.4) is 0 Å². The van der Waals surface area contributed by atoms with Gasteiger partial charge >= 0.3 is 19.8 Å². The van der Waals surface area contributed by atoms with Crippen LogP contribution < -0.4 is 5.73 Å². The molecule has 0 heterocycles. The molecule has 0 aromatic heterocycles. The van der Waals surface area contributed by atoms with E-state index in [1.165, 1.54) is 77.0 Å². The number of phosphoric ester groups is 1. The van der Waals surface area contributed by atoms with Crippen molar-refractivity contribution >= 4 is 19.8 Å². The van der Waals surface area contributed by atoms with E-state index >= 15 is 0 Å². The number of phosphoric acid groups is 1. The second-order valence-corrected chi connectivity index (χ2v) is 15.2. The molecule has 304 valence electrons. The van der Waals surface area contributed by atoms with Crippen LogP contribution in [0, 0.1) is 0 Å². The third-order valence-electron chi connectivity index (χ3n) is 8.64. The Labute approximate surface area is 317 Å². The summed E-state index contributed by atoms with van der Waals surface area (Å²) in [5, 5.41) is 8.88. The van der Waals surface area contributed by atoms with Crippen LogP contribution >= 0.6 is 7.82 Å². The van der Waals surface area contributed by atoms with Gasteiger partial charge in [0.05, 0.1) is 19.8 Å². The molecule has 0 rings (SSSR count). The summed E-state index contributed by atoms with van der Waals surface area (Å²) in [6.45, 7) is 3.80. The maximum Gasteiger partial charge on any atom is 0.472 e. The van der Waals surface area contributed by atoms with Crippen LogP contribution in [0.1, 0.15) is 174 Å². The van der Waals surface area contributed by atoms with Gasteiger partial charge in [0.1, 0.15) is 12.1 Å². The average molecular weight is 758 g/mol. The molecule has 0 amide bonds. The van der Waals surface area contributed by atoms with Gasteiger partial charge in [0.25, 0.3) is 0 Å². The molecule has 0 saturated heterocycles. The van der Waals surface area contributed by atoms with Gasteiger partial charge in [0.15, 0.2) is 0 Å². The number of carboxylic acids is 1. The molecule has 0 spiro atoms. The van der Waals surface area contributed by atoms with Crippen LogP contribution in [-0.4, -0.2) is 60.5 Å². The lowest BCUT2D eigenvalue weighted by Gasteiger charge is -2.20. The van der Waals surface area contributed by atoms with Gasteiger partial charge < -0.3 is 25.2 Å². The maximum absolute atomic E-state index is 12.6. The lowest BCUT2D eigenvalue weighted by Crippen LogP contribution is -2.34. The van der Waals surface area contributed by atoms with E-state index < -0.39 is 45.1 Å². The number of rotatable bonds is 39. The fourth-order valence-corrected chi connectivity index (χ4v) is 6.16. The van der Waals surface area contributed by atoms with Gasteiger partial charge in [-0.25, -0.2) is 4.57 Å². The first-order valence-corrected chi connectivity index (χ1v) is 22.0. The molecule has 3 unspecified atom stereocenters. The Morgan fingerprint density at radius 2 is 1.08 bits per heavy atom. The number of carboxylic acid groups (broad SMARTS) is 1. The van der Waals surface area contributed by atoms with Crippen LogP contribution in [0.4, 0.5) is 0 Å². The molecule has 0 aliphatic heterocycles. The van der Waals surface area contributed by atoms with Gasteiger partial charge in [-0.15, -0.1) is 0 Å². The van der Waals surface area contributed by atoms with Crippen molar-refractivity contribution in [1.29, 1.82) is 0 Å². The van der Waals surface area contributed by atoms with Gasteiger partial charge in [-0.3, -0.25) is 18.6 Å². The van der Waals surface area contributed by atoms with Crippen molar-refractivity contribution < 1.29 is 42.7 Å². The Kier molecular flexibility index (Phi) is 36.2. The van der Waals surface area contributed by atoms with E-state index in [0.717, 1.165) is 70.6 Å². The summed E-state index contributed by atoms with van der Waals surface area (Å²) in [7, 11) is -4.62. The van der Waals surface area contributed by atoms with E-state index in [-0.39, 0.29) is 13.0 Å². The highest BCUT2D eigenvalue weighted by atomic mass is 31.2. The lowest BCUT2D eigenvalue weighted by atomic mass is 10.1. The lowest BCUT2D eigenvalue weighted by molar-refractivity contribution is -0.154. The summed E-state index contributed by atoms with van der Waals surface area (Å²) in [6, 6.07) is -1.48. The third-order valence-corrected chi connectivity index (χ3v) is 9.59. The van der Waals surface area contributed by atoms with Crippen molar-refractivity contribution in [3.05, 3.63) is 36.5 Å². The minimum Gasteiger partial charge on any atom is -0.480 e. The molecular weight excluding hydrogens is 681 g/mol. The second kappa shape index (κ2) is 37.5. The van der Waals surface area contributed by atoms with Gasteiger partial charge in [-0.1, -0.05) is 140 Å². The number of nitrogens with two attached hydrogens (primary N) is 1. The average Bonchev–Trinajstić information content (AvgIpc) is 3.12. The number of carbonyl (C=O) groups excluding carboxylic acids is 1. The smallest absolute Gasteiger partial charge is 0.472 e. The van der Waals surface area contributed by atoms with Crippen LogP contribution in [0.2, 0.25) is 0 Å². The molecular formula is C41H76NO9P. The van der Waals surface area contributed by atoms with Gasteiger partial charge in [0.2, 0.25) is 0 Å². The van der Waals surface area contributed by atoms with Crippen molar-refractivity contribution in [3.8, 4) is 0 Å². The molecule has 0 aliphatic rings. The SMILES string of the molecule is CCCC/C=C\C/C=C\CCCCCCCC(=O)OC(COCCCCCCCC/C=C\CCCCCCCC)COP(=O)(O)OCC(N)C(=O)O. The number of allylic oxidation sites excluding steroid dienone is 6. The predicted molar refractivity (Wildman–Crippen MR) is 212 cm³/mol. The molecule has 0 fully saturated rings. The van der Waals surface area contributed by atoms with Gasteiger partial charge in [-0.05, 0) is 64.2 Å². The standard InChI is InChI=1S/C41H76NO9P/c1-3-5-7-9-11-13-15-17-19-20-22-24-26-28-30-32-34-48-35-38(36-49-52(46,47)50-37-39(42)41(44)45)51-40(43)33-31-29-27-25-23-21-18-16-14-12-10-8-6-4-2/h10,12,16-19,38-39H,3-9,11,13-15,20-37,42H2,1-2H3,(H,44,45)(H,46,47)/b12-10-,18-16-,19-17-. The first-order valence-electron chi connectivity index (χ1n) is 20.5. The summed E-state index contributed by atoms with van der Waals surface area (Å²) >= 11 is 0. The van der Waals surface area contributed by atoms with Crippen molar-refractivity contribution in [2.45, 2.75) is 187 Å². The number of unbranched alkanes of at least 4 members (excludes halogenated alkanes) is 19. The van der Waals surface area contributed by atoms with Gasteiger partial charge in [0, 0.05) is 13.0 Å². The van der Waals surface area contributed by atoms with Crippen LogP contribution in [0.5, 0.6) is 0 Å². The zero-order valence-corrected chi connectivity index (χ0v) is 33.8. The topological polar surface area (TPSA) is 155 Å². The van der Waals surface area contributed by atoms with E-state index in [0.29, 0.717) is 13.0 Å². The Bertz CT molecular complexity index is 972.